The van der Waals surface area contributed by atoms with Crippen LogP contribution in [0.15, 0.2) is 18.2 Å². The third-order valence-electron chi connectivity index (χ3n) is 5.15. The van der Waals surface area contributed by atoms with E-state index in [-0.39, 0.29) is 23.5 Å². The fraction of sp³-hybridized carbons (Fsp3) is 0.529. The van der Waals surface area contributed by atoms with E-state index in [1.54, 1.807) is 0 Å². The lowest BCUT2D eigenvalue weighted by atomic mass is 9.79. The van der Waals surface area contributed by atoms with Crippen molar-refractivity contribution in [1.29, 1.82) is 0 Å². The second-order valence-electron chi connectivity index (χ2n) is 6.29. The average molecular weight is 269 g/mol. The van der Waals surface area contributed by atoms with Crippen molar-refractivity contribution in [3.63, 3.8) is 0 Å². The van der Waals surface area contributed by atoms with Crippen molar-refractivity contribution in [2.45, 2.75) is 38.0 Å². The summed E-state index contributed by atoms with van der Waals surface area (Å²) < 4.78 is 0. The van der Waals surface area contributed by atoms with E-state index >= 15 is 0 Å². The molecule has 0 spiro atoms. The van der Waals surface area contributed by atoms with Crippen molar-refractivity contribution in [3.8, 4) is 0 Å². The first-order valence-corrected chi connectivity index (χ1v) is 7.71. The summed E-state index contributed by atoms with van der Waals surface area (Å²) in [7, 11) is 0. The van der Waals surface area contributed by atoms with Crippen LogP contribution in [-0.2, 0) is 11.2 Å². The maximum atomic E-state index is 12.9. The number of rotatable bonds is 1. The van der Waals surface area contributed by atoms with E-state index in [4.69, 9.17) is 0 Å². The second-order valence-corrected chi connectivity index (χ2v) is 6.29. The molecule has 4 aliphatic carbocycles. The zero-order chi connectivity index (χ0) is 13.7. The Morgan fingerprint density at radius 1 is 1.15 bits per heavy atom. The fourth-order valence-corrected chi connectivity index (χ4v) is 4.07. The Hall–Kier alpha value is -1.64. The van der Waals surface area contributed by atoms with Crippen LogP contribution in [0.25, 0.3) is 0 Å². The van der Waals surface area contributed by atoms with Gasteiger partial charge in [0, 0.05) is 24.6 Å². The number of carbonyl (C=O) groups is 2. The maximum absolute atomic E-state index is 12.9. The lowest BCUT2D eigenvalue weighted by Gasteiger charge is -2.32. The van der Waals surface area contributed by atoms with Gasteiger partial charge in [0.05, 0.1) is 5.92 Å². The highest BCUT2D eigenvalue weighted by Gasteiger charge is 2.43. The molecule has 3 heteroatoms. The van der Waals surface area contributed by atoms with E-state index in [1.165, 1.54) is 6.42 Å². The Labute approximate surface area is 119 Å². The zero-order valence-electron chi connectivity index (χ0n) is 11.6. The highest BCUT2D eigenvalue weighted by Crippen LogP contribution is 2.42. The predicted molar refractivity (Wildman–Crippen MR) is 75.8 cm³/mol. The molecule has 1 fully saturated rings. The van der Waals surface area contributed by atoms with Crippen LogP contribution < -0.4 is 0 Å². The van der Waals surface area contributed by atoms with Gasteiger partial charge in [-0.25, -0.2) is 0 Å². The topological polar surface area (TPSA) is 37.4 Å². The number of ketones is 1. The van der Waals surface area contributed by atoms with Gasteiger partial charge >= 0.3 is 0 Å². The zero-order valence-corrected chi connectivity index (χ0v) is 11.6. The number of hydrogen-bond donors (Lipinski definition) is 0. The van der Waals surface area contributed by atoms with Crippen LogP contribution in [0.1, 0.15) is 53.1 Å². The van der Waals surface area contributed by atoms with Crippen LogP contribution in [-0.4, -0.2) is 29.7 Å². The first-order valence-electron chi connectivity index (χ1n) is 7.71. The molecule has 104 valence electrons. The van der Waals surface area contributed by atoms with Crippen LogP contribution in [0.2, 0.25) is 0 Å². The number of Topliss-reactive ketones (excluding diaryl/α,β-unsaturated/α-hetero) is 1. The monoisotopic (exact) mass is 269 g/mol. The number of amides is 1. The van der Waals surface area contributed by atoms with Crippen molar-refractivity contribution in [3.05, 3.63) is 34.9 Å². The maximum Gasteiger partial charge on any atom is 0.230 e. The molecule has 5 aliphatic rings. The Morgan fingerprint density at radius 2 is 1.95 bits per heavy atom. The number of fused-ring (bicyclic) bond motifs is 2. The van der Waals surface area contributed by atoms with E-state index in [1.807, 2.05) is 17.0 Å². The summed E-state index contributed by atoms with van der Waals surface area (Å²) in [5.41, 5.74) is 3.07. The van der Waals surface area contributed by atoms with Crippen LogP contribution in [0.4, 0.5) is 0 Å². The summed E-state index contributed by atoms with van der Waals surface area (Å²) >= 11 is 0. The van der Waals surface area contributed by atoms with Crippen molar-refractivity contribution in [2.75, 3.05) is 13.1 Å². The summed E-state index contributed by atoms with van der Waals surface area (Å²) in [6.07, 6.45) is 5.20. The highest BCUT2D eigenvalue weighted by molar-refractivity contribution is 6.05. The van der Waals surface area contributed by atoms with Gasteiger partial charge in [-0.05, 0) is 43.2 Å². The number of nitrogens with zero attached hydrogens (tertiary/aromatic N) is 1. The van der Waals surface area contributed by atoms with E-state index in [9.17, 15) is 9.59 Å². The summed E-state index contributed by atoms with van der Waals surface area (Å²) in [6.45, 7) is 1.72. The van der Waals surface area contributed by atoms with Crippen LogP contribution in [0, 0.1) is 5.92 Å². The van der Waals surface area contributed by atoms with E-state index in [0.717, 1.165) is 55.5 Å². The molecular formula is C17H19NO2. The molecule has 1 aromatic carbocycles. The molecule has 3 nitrogen and oxygen atoms in total. The van der Waals surface area contributed by atoms with Gasteiger partial charge < -0.3 is 4.90 Å². The molecule has 1 aliphatic heterocycles. The minimum absolute atomic E-state index is 0.119. The fourth-order valence-electron chi connectivity index (χ4n) is 4.07. The Kier molecular flexibility index (Phi) is 2.69. The second kappa shape index (κ2) is 4.44. The molecule has 0 radical (unpaired) electrons. The number of likely N-dealkylation sites (tertiary alicyclic amines) is 1. The van der Waals surface area contributed by atoms with Gasteiger partial charge in [0.25, 0.3) is 0 Å². The average Bonchev–Trinajstić information content (AvgIpc) is 2.77. The van der Waals surface area contributed by atoms with E-state index in [2.05, 4.69) is 6.07 Å². The third-order valence-corrected chi connectivity index (χ3v) is 5.15. The molecule has 1 aromatic rings. The predicted octanol–water partition coefficient (Wildman–Crippen LogP) is 2.54. The number of carbonyl (C=O) groups excluding carboxylic acids is 2. The number of hydrogen-bond acceptors (Lipinski definition) is 2. The molecule has 2 atom stereocenters. The van der Waals surface area contributed by atoms with Crippen molar-refractivity contribution in [1.82, 2.24) is 4.90 Å². The largest absolute Gasteiger partial charge is 0.342 e. The van der Waals surface area contributed by atoms with Crippen molar-refractivity contribution < 1.29 is 9.59 Å². The molecule has 1 heterocycles. The van der Waals surface area contributed by atoms with Gasteiger partial charge in [0.15, 0.2) is 5.78 Å². The molecule has 20 heavy (non-hydrogen) atoms. The molecule has 0 aromatic heterocycles. The molecule has 1 amide bonds. The molecule has 2 unspecified atom stereocenters. The van der Waals surface area contributed by atoms with E-state index in [0.29, 0.717) is 0 Å². The summed E-state index contributed by atoms with van der Waals surface area (Å²) in [6, 6.07) is 6.03. The quantitative estimate of drug-likeness (QED) is 0.785. The lowest BCUT2D eigenvalue weighted by molar-refractivity contribution is -0.134. The highest BCUT2D eigenvalue weighted by atomic mass is 16.2. The number of aryl methyl sites for hydroxylation is 1. The molecule has 6 rings (SSSR count). The minimum atomic E-state index is -0.227. The summed E-state index contributed by atoms with van der Waals surface area (Å²) in [5, 5.41) is 0. The van der Waals surface area contributed by atoms with Gasteiger partial charge in [-0.2, -0.15) is 0 Å². The molecule has 4 bridgehead atoms. The number of benzene rings is 1. The normalized spacial score (nSPS) is 27.8. The minimum Gasteiger partial charge on any atom is -0.342 e. The van der Waals surface area contributed by atoms with Crippen molar-refractivity contribution in [2.24, 2.45) is 5.92 Å². The van der Waals surface area contributed by atoms with Crippen LogP contribution in [0.3, 0.4) is 0 Å². The van der Waals surface area contributed by atoms with Gasteiger partial charge in [-0.1, -0.05) is 18.2 Å². The SMILES string of the molecule is O=C1c2ccc3cc2CCC1C3C(=O)N1CCCCC1. The van der Waals surface area contributed by atoms with Gasteiger partial charge in [0.2, 0.25) is 5.91 Å². The van der Waals surface area contributed by atoms with Crippen molar-refractivity contribution >= 4 is 11.7 Å². The first-order chi connectivity index (χ1) is 9.75. The van der Waals surface area contributed by atoms with Gasteiger partial charge in [-0.3, -0.25) is 9.59 Å². The molecule has 0 saturated carbocycles. The third kappa shape index (κ3) is 1.65. The summed E-state index contributed by atoms with van der Waals surface area (Å²) in [4.78, 5) is 27.4. The van der Waals surface area contributed by atoms with E-state index < -0.39 is 0 Å². The Bertz CT molecular complexity index is 587. The van der Waals surface area contributed by atoms with Crippen LogP contribution >= 0.6 is 0 Å². The van der Waals surface area contributed by atoms with Gasteiger partial charge in [0.1, 0.15) is 0 Å². The van der Waals surface area contributed by atoms with Gasteiger partial charge in [-0.15, -0.1) is 0 Å². The first kappa shape index (κ1) is 12.1. The Morgan fingerprint density at radius 3 is 2.75 bits per heavy atom. The molecule has 1 saturated heterocycles. The Balaban J connectivity index is 1.72. The molecular weight excluding hydrogens is 250 g/mol. The number of piperidine rings is 1. The summed E-state index contributed by atoms with van der Waals surface area (Å²) in [5.74, 6) is 0.0336. The molecule has 0 N–H and O–H groups in total. The smallest absolute Gasteiger partial charge is 0.230 e. The lowest BCUT2D eigenvalue weighted by Crippen LogP contribution is -2.42. The standard InChI is InChI=1S/C17H19NO2/c19-16-13-6-5-12-10-11(13)4-7-14(16)15(12)17(20)18-8-2-1-3-9-18/h5-6,10,14-15H,1-4,7-9H2. The van der Waals surface area contributed by atoms with Crippen LogP contribution in [0.5, 0.6) is 0 Å².